The molecule has 13 heteroatoms. The van der Waals surface area contributed by atoms with E-state index >= 15 is 0 Å². The number of halogens is 3. The van der Waals surface area contributed by atoms with Crippen LogP contribution >= 0.6 is 0 Å². The summed E-state index contributed by atoms with van der Waals surface area (Å²) in [5.74, 6) is -0.821. The van der Waals surface area contributed by atoms with Gasteiger partial charge in [0.15, 0.2) is 0 Å². The molecule has 0 aliphatic carbocycles. The zero-order valence-corrected chi connectivity index (χ0v) is 27.5. The molecule has 0 bridgehead atoms. The van der Waals surface area contributed by atoms with Gasteiger partial charge >= 0.3 is 6.18 Å². The Bertz CT molecular complexity index is 1620. The van der Waals surface area contributed by atoms with Crippen LogP contribution in [-0.4, -0.2) is 96.4 Å². The molecule has 0 saturated carbocycles. The van der Waals surface area contributed by atoms with Gasteiger partial charge in [-0.15, -0.1) is 0 Å². The van der Waals surface area contributed by atoms with Crippen molar-refractivity contribution < 1.29 is 32.3 Å². The Balaban J connectivity index is 1.62. The third-order valence-corrected chi connectivity index (χ3v) is 8.20. The number of carbonyl (C=O) groups excluding carboxylic acids is 3. The van der Waals surface area contributed by atoms with Gasteiger partial charge in [-0.05, 0) is 41.0 Å². The smallest absolute Gasteiger partial charge is 0.368 e. The standard InChI is InChI=1S/C36H39F3N6O4/c1-27(46)43-17-19-44(20-18-43)31-12-8-30(9-13-31)26-45(34(47)15-11-29-10-14-33(41-25-29)36(37,38)39)32(24-28-6-4-3-5-7-28)35(48)42(2)21-23-49-22-16-40/h3-15,25,32H,17-24,26H2,1-2H3/t32-/m0/s1. The SMILES string of the molecule is CC(=O)N1CCN(c2ccc(CN(C(=O)C=Cc3ccc(C(F)(F)F)nc3)[C@@H](Cc3ccccc3)C(=O)N(C)CCOCC#N)cc2)CC1. The highest BCUT2D eigenvalue weighted by molar-refractivity contribution is 5.95. The highest BCUT2D eigenvalue weighted by Crippen LogP contribution is 2.27. The van der Waals surface area contributed by atoms with Crippen LogP contribution < -0.4 is 4.90 Å². The number of piperazine rings is 1. The van der Waals surface area contributed by atoms with Gasteiger partial charge in [0.25, 0.3) is 0 Å². The first-order valence-corrected chi connectivity index (χ1v) is 15.8. The van der Waals surface area contributed by atoms with E-state index in [4.69, 9.17) is 10.00 Å². The number of anilines is 1. The van der Waals surface area contributed by atoms with Gasteiger partial charge in [-0.3, -0.25) is 19.4 Å². The Hall–Kier alpha value is -5.22. The quantitative estimate of drug-likeness (QED) is 0.195. The minimum absolute atomic E-state index is 0.0448. The van der Waals surface area contributed by atoms with Gasteiger partial charge in [-0.2, -0.15) is 18.4 Å². The summed E-state index contributed by atoms with van der Waals surface area (Å²) in [6.07, 6.45) is -0.759. The van der Waals surface area contributed by atoms with Gasteiger partial charge in [0, 0.05) is 77.6 Å². The molecular formula is C36H39F3N6O4. The Kier molecular flexibility index (Phi) is 12.9. The maximum Gasteiger partial charge on any atom is 0.433 e. The van der Waals surface area contributed by atoms with Crippen molar-refractivity contribution in [1.82, 2.24) is 19.7 Å². The van der Waals surface area contributed by atoms with Crippen LogP contribution in [0.5, 0.6) is 0 Å². The maximum atomic E-state index is 14.0. The molecule has 49 heavy (non-hydrogen) atoms. The van der Waals surface area contributed by atoms with Crippen LogP contribution in [0.1, 0.15) is 29.3 Å². The molecule has 1 aromatic heterocycles. The lowest BCUT2D eigenvalue weighted by Gasteiger charge is -2.36. The molecule has 1 saturated heterocycles. The lowest BCUT2D eigenvalue weighted by Crippen LogP contribution is -2.51. The van der Waals surface area contributed by atoms with Crippen LogP contribution in [0.25, 0.3) is 6.08 Å². The van der Waals surface area contributed by atoms with E-state index in [1.807, 2.05) is 60.7 Å². The molecule has 1 aliphatic heterocycles. The summed E-state index contributed by atoms with van der Waals surface area (Å²) in [4.78, 5) is 50.1. The number of ether oxygens (including phenoxy) is 1. The van der Waals surface area contributed by atoms with Crippen molar-refractivity contribution in [2.45, 2.75) is 32.1 Å². The highest BCUT2D eigenvalue weighted by Gasteiger charge is 2.33. The lowest BCUT2D eigenvalue weighted by atomic mass is 10.0. The average Bonchev–Trinajstić information content (AvgIpc) is 3.10. The normalized spacial score (nSPS) is 14.0. The van der Waals surface area contributed by atoms with Crippen molar-refractivity contribution >= 4 is 29.5 Å². The Morgan fingerprint density at radius 3 is 2.29 bits per heavy atom. The van der Waals surface area contributed by atoms with Crippen molar-refractivity contribution in [3.8, 4) is 6.07 Å². The molecule has 3 aromatic rings. The maximum absolute atomic E-state index is 14.0. The first-order chi connectivity index (χ1) is 23.5. The number of carbonyl (C=O) groups is 3. The zero-order valence-electron chi connectivity index (χ0n) is 27.5. The second kappa shape index (κ2) is 17.3. The van der Waals surface area contributed by atoms with E-state index in [-0.39, 0.29) is 50.1 Å². The Morgan fingerprint density at radius 2 is 1.69 bits per heavy atom. The van der Waals surface area contributed by atoms with Gasteiger partial charge in [-0.1, -0.05) is 48.5 Å². The van der Waals surface area contributed by atoms with Crippen LogP contribution in [0, 0.1) is 11.3 Å². The topological polar surface area (TPSA) is 110 Å². The van der Waals surface area contributed by atoms with Crippen molar-refractivity contribution in [1.29, 1.82) is 5.26 Å². The van der Waals surface area contributed by atoms with Crippen molar-refractivity contribution in [2.24, 2.45) is 0 Å². The zero-order chi connectivity index (χ0) is 35.4. The van der Waals surface area contributed by atoms with E-state index in [0.29, 0.717) is 26.2 Å². The average molecular weight is 677 g/mol. The van der Waals surface area contributed by atoms with Gasteiger partial charge in [0.2, 0.25) is 17.7 Å². The first-order valence-electron chi connectivity index (χ1n) is 15.8. The number of nitriles is 1. The van der Waals surface area contributed by atoms with E-state index < -0.39 is 23.8 Å². The molecule has 0 radical (unpaired) electrons. The van der Waals surface area contributed by atoms with E-state index in [0.717, 1.165) is 29.1 Å². The van der Waals surface area contributed by atoms with Crippen LogP contribution in [0.2, 0.25) is 0 Å². The summed E-state index contributed by atoms with van der Waals surface area (Å²) in [5.41, 5.74) is 1.79. The summed E-state index contributed by atoms with van der Waals surface area (Å²) in [6, 6.07) is 19.9. The van der Waals surface area contributed by atoms with Gasteiger partial charge in [-0.25, -0.2) is 0 Å². The second-order valence-electron chi connectivity index (χ2n) is 11.6. The number of rotatable bonds is 13. The van der Waals surface area contributed by atoms with Crippen molar-refractivity contribution in [2.75, 3.05) is 57.9 Å². The number of likely N-dealkylation sites (N-methyl/N-ethyl adjacent to an activating group) is 1. The molecule has 2 heterocycles. The number of hydrogen-bond acceptors (Lipinski definition) is 7. The second-order valence-corrected chi connectivity index (χ2v) is 11.6. The van der Waals surface area contributed by atoms with Crippen molar-refractivity contribution in [3.05, 3.63) is 101 Å². The van der Waals surface area contributed by atoms with Crippen molar-refractivity contribution in [3.63, 3.8) is 0 Å². The summed E-state index contributed by atoms with van der Waals surface area (Å²) < 4.78 is 44.3. The van der Waals surface area contributed by atoms with Gasteiger partial charge in [0.05, 0.1) is 12.7 Å². The molecule has 2 aromatic carbocycles. The first kappa shape index (κ1) is 36.6. The van der Waals surface area contributed by atoms with E-state index in [1.165, 1.54) is 28.0 Å². The predicted molar refractivity (Wildman–Crippen MR) is 178 cm³/mol. The largest absolute Gasteiger partial charge is 0.433 e. The summed E-state index contributed by atoms with van der Waals surface area (Å²) in [7, 11) is 1.60. The number of amides is 3. The molecule has 1 fully saturated rings. The van der Waals surface area contributed by atoms with Crippen LogP contribution in [0.4, 0.5) is 18.9 Å². The molecule has 258 valence electrons. The van der Waals surface area contributed by atoms with E-state index in [9.17, 15) is 27.6 Å². The molecule has 4 rings (SSSR count). The van der Waals surface area contributed by atoms with Crippen LogP contribution in [0.3, 0.4) is 0 Å². The van der Waals surface area contributed by atoms with Gasteiger partial charge < -0.3 is 24.3 Å². The third-order valence-electron chi connectivity index (χ3n) is 8.20. The monoisotopic (exact) mass is 676 g/mol. The van der Waals surface area contributed by atoms with E-state index in [2.05, 4.69) is 9.88 Å². The molecule has 3 amide bonds. The molecule has 0 unspecified atom stereocenters. The summed E-state index contributed by atoms with van der Waals surface area (Å²) in [5, 5.41) is 8.79. The Morgan fingerprint density at radius 1 is 1.00 bits per heavy atom. The molecule has 0 N–H and O–H groups in total. The number of alkyl halides is 3. The number of benzene rings is 2. The number of hydrogen-bond donors (Lipinski definition) is 0. The molecule has 0 spiro atoms. The Labute approximate surface area is 284 Å². The minimum Gasteiger partial charge on any atom is -0.368 e. The number of nitrogens with zero attached hydrogens (tertiary/aromatic N) is 6. The fourth-order valence-corrected chi connectivity index (χ4v) is 5.42. The van der Waals surface area contributed by atoms with Crippen LogP contribution in [0.15, 0.2) is 79.0 Å². The van der Waals surface area contributed by atoms with E-state index in [1.54, 1.807) is 18.9 Å². The predicted octanol–water partition coefficient (Wildman–Crippen LogP) is 4.42. The molecular weight excluding hydrogens is 637 g/mol. The molecule has 1 atom stereocenters. The summed E-state index contributed by atoms with van der Waals surface area (Å²) in [6.45, 7) is 4.44. The molecule has 1 aliphatic rings. The molecule has 10 nitrogen and oxygen atoms in total. The fraction of sp³-hybridized carbons (Fsp3) is 0.361. The number of aromatic nitrogens is 1. The highest BCUT2D eigenvalue weighted by atomic mass is 19.4. The van der Waals surface area contributed by atoms with Crippen LogP contribution in [-0.2, 0) is 38.3 Å². The lowest BCUT2D eigenvalue weighted by molar-refractivity contribution is -0.143. The minimum atomic E-state index is -4.59. The number of pyridine rings is 1. The van der Waals surface area contributed by atoms with Gasteiger partial charge in [0.1, 0.15) is 18.3 Å². The third kappa shape index (κ3) is 10.6. The summed E-state index contributed by atoms with van der Waals surface area (Å²) >= 11 is 0. The fourth-order valence-electron chi connectivity index (χ4n) is 5.42.